The highest BCUT2D eigenvalue weighted by atomic mass is 79.9. The molecule has 10 nitrogen and oxygen atoms in total. The Morgan fingerprint density at radius 1 is 1.31 bits per heavy atom. The summed E-state index contributed by atoms with van der Waals surface area (Å²) in [7, 11) is 1.32. The van der Waals surface area contributed by atoms with Gasteiger partial charge in [0.15, 0.2) is 6.61 Å². The Labute approximate surface area is 195 Å². The van der Waals surface area contributed by atoms with E-state index in [2.05, 4.69) is 21.2 Å². The summed E-state index contributed by atoms with van der Waals surface area (Å²) in [6.45, 7) is -0.553. The average molecular weight is 527 g/mol. The number of carbonyl (C=O) groups excluding carboxylic acids is 3. The van der Waals surface area contributed by atoms with Crippen LogP contribution in [-0.2, 0) is 19.1 Å². The molecule has 1 fully saturated rings. The average Bonchev–Trinajstić information content (AvgIpc) is 3.15. The molecule has 1 aliphatic heterocycles. The molecular formula is C20H17BrClN3O7. The van der Waals surface area contributed by atoms with Crippen molar-refractivity contribution in [3.05, 3.63) is 56.0 Å². The zero-order chi connectivity index (χ0) is 23.4. The quantitative estimate of drug-likeness (QED) is 0.332. The first-order valence-corrected chi connectivity index (χ1v) is 10.4. The molecule has 168 valence electrons. The number of amides is 2. The Balaban J connectivity index is 1.60. The maximum atomic E-state index is 12.5. The highest BCUT2D eigenvalue weighted by Crippen LogP contribution is 2.36. The number of nitro benzene ring substituents is 1. The first-order chi connectivity index (χ1) is 15.2. The minimum absolute atomic E-state index is 0.00794. The van der Waals surface area contributed by atoms with Gasteiger partial charge in [-0.25, -0.2) is 0 Å². The van der Waals surface area contributed by atoms with Crippen molar-refractivity contribution in [2.45, 2.75) is 6.42 Å². The van der Waals surface area contributed by atoms with Crippen LogP contribution in [0.15, 0.2) is 40.9 Å². The van der Waals surface area contributed by atoms with E-state index in [0.29, 0.717) is 16.4 Å². The largest absolute Gasteiger partial charge is 0.494 e. The van der Waals surface area contributed by atoms with E-state index in [1.807, 2.05) is 0 Å². The molecule has 1 atom stereocenters. The number of carbonyl (C=O) groups is 3. The number of non-ortho nitro benzene ring substituents is 1. The number of benzene rings is 2. The highest BCUT2D eigenvalue weighted by Gasteiger charge is 2.37. The van der Waals surface area contributed by atoms with Crippen LogP contribution in [0.2, 0.25) is 5.02 Å². The molecule has 0 radical (unpaired) electrons. The Bertz CT molecular complexity index is 1090. The summed E-state index contributed by atoms with van der Waals surface area (Å²) in [5, 5.41) is 13.8. The molecule has 3 rings (SSSR count). The third kappa shape index (κ3) is 5.35. The molecular weight excluding hydrogens is 510 g/mol. The number of hydrogen-bond donors (Lipinski definition) is 1. The van der Waals surface area contributed by atoms with E-state index in [0.717, 1.165) is 4.47 Å². The van der Waals surface area contributed by atoms with Crippen LogP contribution >= 0.6 is 27.5 Å². The summed E-state index contributed by atoms with van der Waals surface area (Å²) in [6, 6.07) is 8.72. The maximum Gasteiger partial charge on any atom is 0.311 e. The lowest BCUT2D eigenvalue weighted by atomic mass is 10.1. The Morgan fingerprint density at radius 3 is 2.72 bits per heavy atom. The van der Waals surface area contributed by atoms with Gasteiger partial charge in [-0.2, -0.15) is 0 Å². The number of halogens is 2. The summed E-state index contributed by atoms with van der Waals surface area (Å²) in [5.41, 5.74) is 0.481. The lowest BCUT2D eigenvalue weighted by Gasteiger charge is -2.19. The summed E-state index contributed by atoms with van der Waals surface area (Å²) in [4.78, 5) is 48.6. The summed E-state index contributed by atoms with van der Waals surface area (Å²) in [5.74, 6) is -2.33. The van der Waals surface area contributed by atoms with E-state index in [4.69, 9.17) is 21.1 Å². The second kappa shape index (κ2) is 9.96. The van der Waals surface area contributed by atoms with Gasteiger partial charge in [0, 0.05) is 23.5 Å². The number of nitrogens with zero attached hydrogens (tertiary/aromatic N) is 2. The van der Waals surface area contributed by atoms with Gasteiger partial charge in [-0.1, -0.05) is 27.5 Å². The van der Waals surface area contributed by atoms with Crippen LogP contribution < -0.4 is 15.0 Å². The summed E-state index contributed by atoms with van der Waals surface area (Å²) >= 11 is 9.30. The van der Waals surface area contributed by atoms with Crippen LogP contribution in [0.1, 0.15) is 6.42 Å². The second-order valence-electron chi connectivity index (χ2n) is 6.80. The first kappa shape index (κ1) is 23.5. The number of rotatable bonds is 7. The number of anilines is 2. The molecule has 0 aliphatic carbocycles. The summed E-state index contributed by atoms with van der Waals surface area (Å²) in [6.07, 6.45) is -0.126. The van der Waals surface area contributed by atoms with Crippen LogP contribution in [0.25, 0.3) is 0 Å². The van der Waals surface area contributed by atoms with E-state index in [-0.39, 0.29) is 30.3 Å². The lowest BCUT2D eigenvalue weighted by molar-refractivity contribution is -0.384. The highest BCUT2D eigenvalue weighted by molar-refractivity contribution is 9.10. The zero-order valence-electron chi connectivity index (χ0n) is 16.7. The van der Waals surface area contributed by atoms with E-state index in [1.54, 1.807) is 18.2 Å². The van der Waals surface area contributed by atoms with Crippen LogP contribution in [0, 0.1) is 16.0 Å². The molecule has 0 aromatic heterocycles. The molecule has 0 unspecified atom stereocenters. The van der Waals surface area contributed by atoms with E-state index < -0.39 is 29.3 Å². The van der Waals surface area contributed by atoms with Gasteiger partial charge in [-0.05, 0) is 24.3 Å². The number of ether oxygens (including phenoxy) is 2. The Kier molecular flexibility index (Phi) is 7.31. The van der Waals surface area contributed by atoms with Gasteiger partial charge in [0.2, 0.25) is 5.91 Å². The molecule has 0 saturated carbocycles. The fourth-order valence-electron chi connectivity index (χ4n) is 3.13. The molecule has 12 heteroatoms. The predicted octanol–water partition coefficient (Wildman–Crippen LogP) is 3.55. The van der Waals surface area contributed by atoms with E-state index >= 15 is 0 Å². The van der Waals surface area contributed by atoms with E-state index in [9.17, 15) is 24.5 Å². The third-order valence-electron chi connectivity index (χ3n) is 4.67. The molecule has 1 N–H and O–H groups in total. The van der Waals surface area contributed by atoms with Crippen molar-refractivity contribution in [1.29, 1.82) is 0 Å². The molecule has 2 aromatic rings. The van der Waals surface area contributed by atoms with Crippen LogP contribution in [-0.4, -0.2) is 43.0 Å². The molecule has 1 heterocycles. The Morgan fingerprint density at radius 2 is 2.06 bits per heavy atom. The molecule has 0 spiro atoms. The topological polar surface area (TPSA) is 128 Å². The summed E-state index contributed by atoms with van der Waals surface area (Å²) < 4.78 is 11.0. The molecule has 1 saturated heterocycles. The monoisotopic (exact) mass is 525 g/mol. The van der Waals surface area contributed by atoms with Crippen molar-refractivity contribution >= 4 is 62.4 Å². The third-order valence-corrected chi connectivity index (χ3v) is 5.48. The van der Waals surface area contributed by atoms with Crippen molar-refractivity contribution in [3.63, 3.8) is 0 Å². The van der Waals surface area contributed by atoms with Gasteiger partial charge in [-0.3, -0.25) is 24.5 Å². The van der Waals surface area contributed by atoms with Gasteiger partial charge >= 0.3 is 5.97 Å². The van der Waals surface area contributed by atoms with Gasteiger partial charge in [0.1, 0.15) is 5.75 Å². The standard InChI is InChI=1S/C20H17BrClN3O7/c1-31-17-8-13(25(29)30)3-5-16(17)24-9-11(6-19(24)27)20(28)32-10-18(26)23-15-4-2-12(21)7-14(15)22/h2-5,7-8,11H,6,9-10H2,1H3,(H,23,26)/t11-/m0/s1. The number of nitrogens with one attached hydrogen (secondary N) is 1. The second-order valence-corrected chi connectivity index (χ2v) is 8.12. The number of esters is 1. The Hall–Kier alpha value is -3.18. The zero-order valence-corrected chi connectivity index (χ0v) is 19.0. The first-order valence-electron chi connectivity index (χ1n) is 9.24. The van der Waals surface area contributed by atoms with Crippen LogP contribution in [0.4, 0.5) is 17.1 Å². The van der Waals surface area contributed by atoms with Gasteiger partial charge in [0.05, 0.1) is 40.4 Å². The fourth-order valence-corrected chi connectivity index (χ4v) is 3.85. The molecule has 2 amide bonds. The minimum atomic E-state index is -0.800. The SMILES string of the molecule is COc1cc([N+](=O)[O-])ccc1N1C[C@@H](C(=O)OCC(=O)Nc2ccc(Br)cc2Cl)CC1=O. The number of methoxy groups -OCH3 is 1. The molecule has 0 bridgehead atoms. The van der Waals surface area contributed by atoms with Crippen LogP contribution in [0.3, 0.4) is 0 Å². The lowest BCUT2D eigenvalue weighted by Crippen LogP contribution is -2.28. The number of hydrogen-bond acceptors (Lipinski definition) is 7. The van der Waals surface area contributed by atoms with Gasteiger partial charge in [0.25, 0.3) is 11.6 Å². The van der Waals surface area contributed by atoms with Crippen LogP contribution in [0.5, 0.6) is 5.75 Å². The smallest absolute Gasteiger partial charge is 0.311 e. The fraction of sp³-hybridized carbons (Fsp3) is 0.250. The van der Waals surface area contributed by atoms with Crippen molar-refractivity contribution in [3.8, 4) is 5.75 Å². The van der Waals surface area contributed by atoms with Crippen molar-refractivity contribution in [2.24, 2.45) is 5.92 Å². The normalized spacial score (nSPS) is 15.4. The predicted molar refractivity (Wildman–Crippen MR) is 119 cm³/mol. The minimum Gasteiger partial charge on any atom is -0.494 e. The van der Waals surface area contributed by atoms with Gasteiger partial charge in [-0.15, -0.1) is 0 Å². The molecule has 32 heavy (non-hydrogen) atoms. The maximum absolute atomic E-state index is 12.5. The van der Waals surface area contributed by atoms with Crippen molar-refractivity contribution in [1.82, 2.24) is 0 Å². The van der Waals surface area contributed by atoms with E-state index in [1.165, 1.54) is 30.2 Å². The number of nitro groups is 1. The molecule has 1 aliphatic rings. The van der Waals surface area contributed by atoms with Crippen molar-refractivity contribution in [2.75, 3.05) is 30.5 Å². The van der Waals surface area contributed by atoms with Gasteiger partial charge < -0.3 is 19.7 Å². The van der Waals surface area contributed by atoms with Crippen molar-refractivity contribution < 1.29 is 28.8 Å². The molecule has 2 aromatic carbocycles.